The predicted molar refractivity (Wildman–Crippen MR) is 125 cm³/mol. The first kappa shape index (κ1) is 21.0. The molecule has 0 saturated heterocycles. The predicted octanol–water partition coefficient (Wildman–Crippen LogP) is 4.71. The fourth-order valence-corrected chi connectivity index (χ4v) is 4.66. The molecule has 0 aromatic carbocycles. The largest absolute Gasteiger partial charge is 0.379 e. The molecule has 2 aromatic rings. The van der Waals surface area contributed by atoms with E-state index in [0.29, 0.717) is 23.5 Å². The molecule has 5 nitrogen and oxygen atoms in total. The number of allylic oxidation sites excluding steroid dienone is 6. The van der Waals surface area contributed by atoms with Crippen molar-refractivity contribution in [3.8, 4) is 0 Å². The Balaban J connectivity index is 1.59. The van der Waals surface area contributed by atoms with Crippen LogP contribution < -0.4 is 10.7 Å². The molecule has 0 radical (unpaired) electrons. The summed E-state index contributed by atoms with van der Waals surface area (Å²) in [7, 11) is 0. The molecule has 1 N–H and O–H groups in total. The lowest BCUT2D eigenvalue weighted by Gasteiger charge is -2.32. The summed E-state index contributed by atoms with van der Waals surface area (Å²) in [5, 5.41) is 7.98. The summed E-state index contributed by atoms with van der Waals surface area (Å²) in [5.74, 6) is 0. The molecule has 1 fully saturated rings. The Morgan fingerprint density at radius 2 is 2.10 bits per heavy atom. The van der Waals surface area contributed by atoms with Gasteiger partial charge in [0.15, 0.2) is 5.69 Å². The lowest BCUT2D eigenvalue weighted by molar-refractivity contribution is 0.285. The van der Waals surface area contributed by atoms with E-state index < -0.39 is 0 Å². The van der Waals surface area contributed by atoms with E-state index in [2.05, 4.69) is 47.3 Å². The molecular formula is C26H30N4O. The first-order chi connectivity index (χ1) is 15.1. The van der Waals surface area contributed by atoms with Gasteiger partial charge in [-0.05, 0) is 37.8 Å². The van der Waals surface area contributed by atoms with E-state index in [0.717, 1.165) is 31.4 Å². The number of pyridine rings is 1. The van der Waals surface area contributed by atoms with Crippen LogP contribution in [0.2, 0.25) is 0 Å². The smallest absolute Gasteiger partial charge is 0.212 e. The molecule has 2 aliphatic carbocycles. The number of hydrogen-bond acceptors (Lipinski definition) is 4. The van der Waals surface area contributed by atoms with E-state index in [1.165, 1.54) is 18.4 Å². The van der Waals surface area contributed by atoms with Crippen LogP contribution in [0, 0.1) is 12.3 Å². The minimum atomic E-state index is -0.0695. The fraction of sp³-hybridized carbons (Fsp3) is 0.346. The van der Waals surface area contributed by atoms with Gasteiger partial charge >= 0.3 is 0 Å². The standard InChI is InChI=1S/C26H30N4O/c1-20-18-30(19-26(13-7-8-14-26)23-11-5-3-4-6-12-23)29-24(25(20)31)21(2)28-17-22-10-9-15-27-16-22/h3-6,9-11,15-16,18,28H,2,7-8,12-14,17,19H2,1H3. The Hall–Kier alpha value is -3.21. The maximum absolute atomic E-state index is 12.8. The van der Waals surface area contributed by atoms with Gasteiger partial charge in [-0.15, -0.1) is 0 Å². The molecule has 2 aromatic heterocycles. The first-order valence-corrected chi connectivity index (χ1v) is 11.0. The van der Waals surface area contributed by atoms with Gasteiger partial charge in [0.1, 0.15) is 0 Å². The SMILES string of the molecule is C=C(NCc1cccnc1)c1nn(CC2(C3=CC=CC=CC3)CCCC2)cc(C)c1=O. The molecule has 0 amide bonds. The summed E-state index contributed by atoms with van der Waals surface area (Å²) in [6.07, 6.45) is 22.0. The van der Waals surface area contributed by atoms with Crippen LogP contribution in [0.15, 0.2) is 78.0 Å². The van der Waals surface area contributed by atoms with Crippen molar-refractivity contribution in [2.24, 2.45) is 5.41 Å². The van der Waals surface area contributed by atoms with E-state index in [4.69, 9.17) is 5.10 Å². The molecule has 0 unspecified atom stereocenters. The van der Waals surface area contributed by atoms with Crippen LogP contribution >= 0.6 is 0 Å². The van der Waals surface area contributed by atoms with Crippen LogP contribution in [0.5, 0.6) is 0 Å². The maximum atomic E-state index is 12.8. The van der Waals surface area contributed by atoms with Gasteiger partial charge in [0.05, 0.1) is 12.2 Å². The summed E-state index contributed by atoms with van der Waals surface area (Å²) in [6, 6.07) is 3.88. The average molecular weight is 415 g/mol. The number of hydrogen-bond donors (Lipinski definition) is 1. The van der Waals surface area contributed by atoms with Crippen LogP contribution in [0.1, 0.15) is 48.9 Å². The van der Waals surface area contributed by atoms with Gasteiger partial charge in [-0.1, -0.05) is 61.4 Å². The number of nitrogens with one attached hydrogen (secondary N) is 1. The van der Waals surface area contributed by atoms with Gasteiger partial charge in [0, 0.05) is 36.1 Å². The molecule has 2 heterocycles. The zero-order valence-electron chi connectivity index (χ0n) is 18.2. The number of rotatable bonds is 7. The molecule has 160 valence electrons. The third kappa shape index (κ3) is 4.76. The van der Waals surface area contributed by atoms with E-state index in [1.54, 1.807) is 12.4 Å². The van der Waals surface area contributed by atoms with Gasteiger partial charge in [0.2, 0.25) is 5.43 Å². The summed E-state index contributed by atoms with van der Waals surface area (Å²) in [5.41, 5.74) is 4.15. The van der Waals surface area contributed by atoms with Crippen LogP contribution in [0.25, 0.3) is 5.70 Å². The molecule has 31 heavy (non-hydrogen) atoms. The van der Waals surface area contributed by atoms with Crippen LogP contribution in [-0.2, 0) is 13.1 Å². The lowest BCUT2D eigenvalue weighted by atomic mass is 9.76. The van der Waals surface area contributed by atoms with Crippen LogP contribution in [-0.4, -0.2) is 14.8 Å². The Labute approximate surface area is 183 Å². The van der Waals surface area contributed by atoms with Crippen molar-refractivity contribution in [2.45, 2.75) is 52.1 Å². The van der Waals surface area contributed by atoms with Gasteiger partial charge < -0.3 is 5.32 Å². The minimum absolute atomic E-state index is 0.0695. The van der Waals surface area contributed by atoms with Crippen molar-refractivity contribution in [1.29, 1.82) is 0 Å². The molecule has 4 rings (SSSR count). The topological polar surface area (TPSA) is 59.8 Å². The summed E-state index contributed by atoms with van der Waals surface area (Å²) in [6.45, 7) is 7.29. The Bertz CT molecular complexity index is 1090. The molecular weight excluding hydrogens is 384 g/mol. The molecule has 0 atom stereocenters. The minimum Gasteiger partial charge on any atom is -0.379 e. The van der Waals surface area contributed by atoms with Gasteiger partial charge in [0.25, 0.3) is 0 Å². The highest BCUT2D eigenvalue weighted by molar-refractivity contribution is 5.58. The number of nitrogens with zero attached hydrogens (tertiary/aromatic N) is 3. The molecule has 5 heteroatoms. The monoisotopic (exact) mass is 414 g/mol. The third-order valence-electron chi connectivity index (χ3n) is 6.36. The third-order valence-corrected chi connectivity index (χ3v) is 6.36. The second kappa shape index (κ2) is 9.29. The zero-order chi connectivity index (χ0) is 21.7. The molecule has 0 spiro atoms. The Morgan fingerprint density at radius 3 is 2.87 bits per heavy atom. The van der Waals surface area contributed by atoms with Crippen molar-refractivity contribution < 1.29 is 0 Å². The highest BCUT2D eigenvalue weighted by Gasteiger charge is 2.37. The first-order valence-electron chi connectivity index (χ1n) is 11.0. The van der Waals surface area contributed by atoms with Crippen molar-refractivity contribution in [3.63, 3.8) is 0 Å². The Kier molecular flexibility index (Phi) is 6.31. The molecule has 2 aliphatic rings. The Morgan fingerprint density at radius 1 is 1.26 bits per heavy atom. The number of aromatic nitrogens is 3. The highest BCUT2D eigenvalue weighted by atomic mass is 16.1. The summed E-state index contributed by atoms with van der Waals surface area (Å²) in [4.78, 5) is 17.0. The van der Waals surface area contributed by atoms with E-state index in [-0.39, 0.29) is 10.8 Å². The summed E-state index contributed by atoms with van der Waals surface area (Å²) >= 11 is 0. The van der Waals surface area contributed by atoms with Gasteiger partial charge in [-0.3, -0.25) is 14.5 Å². The average Bonchev–Trinajstić information content (AvgIpc) is 3.07. The van der Waals surface area contributed by atoms with Crippen molar-refractivity contribution in [3.05, 3.63) is 100 Å². The van der Waals surface area contributed by atoms with E-state index in [1.807, 2.05) is 29.9 Å². The van der Waals surface area contributed by atoms with Crippen molar-refractivity contribution in [1.82, 2.24) is 20.1 Å². The normalized spacial score (nSPS) is 17.3. The van der Waals surface area contributed by atoms with E-state index >= 15 is 0 Å². The fourth-order valence-electron chi connectivity index (χ4n) is 4.66. The van der Waals surface area contributed by atoms with E-state index in [9.17, 15) is 4.79 Å². The second-order valence-electron chi connectivity index (χ2n) is 8.58. The molecule has 1 saturated carbocycles. The molecule has 0 bridgehead atoms. The lowest BCUT2D eigenvalue weighted by Crippen LogP contribution is -2.30. The van der Waals surface area contributed by atoms with Crippen LogP contribution in [0.3, 0.4) is 0 Å². The quantitative estimate of drug-likeness (QED) is 0.713. The van der Waals surface area contributed by atoms with Crippen molar-refractivity contribution >= 4 is 5.70 Å². The zero-order valence-corrected chi connectivity index (χ0v) is 18.2. The maximum Gasteiger partial charge on any atom is 0.212 e. The van der Waals surface area contributed by atoms with Gasteiger partial charge in [-0.2, -0.15) is 5.10 Å². The highest BCUT2D eigenvalue weighted by Crippen LogP contribution is 2.47. The molecule has 0 aliphatic heterocycles. The van der Waals surface area contributed by atoms with Gasteiger partial charge in [-0.25, -0.2) is 0 Å². The number of aryl methyl sites for hydroxylation is 1. The van der Waals surface area contributed by atoms with Crippen molar-refractivity contribution in [2.75, 3.05) is 0 Å². The second-order valence-corrected chi connectivity index (χ2v) is 8.58. The summed E-state index contributed by atoms with van der Waals surface area (Å²) < 4.78 is 1.97. The van der Waals surface area contributed by atoms with Crippen LogP contribution in [0.4, 0.5) is 0 Å².